The summed E-state index contributed by atoms with van der Waals surface area (Å²) in [6.45, 7) is 2.70. The minimum atomic E-state index is -4.43. The number of ether oxygens (including phenoxy) is 1. The van der Waals surface area contributed by atoms with Gasteiger partial charge in [0.15, 0.2) is 5.69 Å². The number of aromatic nitrogens is 3. The summed E-state index contributed by atoms with van der Waals surface area (Å²) in [6.07, 6.45) is -3.41. The average Bonchev–Trinajstić information content (AvgIpc) is 3.14. The highest BCUT2D eigenvalue weighted by atomic mass is 19.4. The van der Waals surface area contributed by atoms with Crippen LogP contribution in [-0.4, -0.2) is 44.8 Å². The summed E-state index contributed by atoms with van der Waals surface area (Å²) in [4.78, 5) is 17.7. The van der Waals surface area contributed by atoms with Gasteiger partial charge in [0, 0.05) is 38.0 Å². The molecule has 1 fully saturated rings. The van der Waals surface area contributed by atoms with Crippen LogP contribution in [0.25, 0.3) is 0 Å². The number of halogens is 3. The van der Waals surface area contributed by atoms with Crippen molar-refractivity contribution in [2.75, 3.05) is 13.1 Å². The van der Waals surface area contributed by atoms with Crippen LogP contribution >= 0.6 is 0 Å². The number of alkyl halides is 3. The number of aryl methyl sites for hydroxylation is 2. The molecular formula is C16H17F3N4O2. The van der Waals surface area contributed by atoms with Gasteiger partial charge in [-0.3, -0.25) is 9.48 Å². The van der Waals surface area contributed by atoms with E-state index >= 15 is 0 Å². The Morgan fingerprint density at radius 3 is 2.68 bits per heavy atom. The fraction of sp³-hybridized carbons (Fsp3) is 0.438. The summed E-state index contributed by atoms with van der Waals surface area (Å²) < 4.78 is 44.8. The van der Waals surface area contributed by atoms with E-state index in [1.54, 1.807) is 22.7 Å². The van der Waals surface area contributed by atoms with E-state index in [1.165, 1.54) is 6.07 Å². The predicted octanol–water partition coefficient (Wildman–Crippen LogP) is 2.44. The minimum Gasteiger partial charge on any atom is -0.472 e. The average molecular weight is 354 g/mol. The van der Waals surface area contributed by atoms with Gasteiger partial charge >= 0.3 is 6.18 Å². The van der Waals surface area contributed by atoms with Crippen LogP contribution < -0.4 is 4.74 Å². The van der Waals surface area contributed by atoms with Crippen molar-refractivity contribution in [3.8, 4) is 5.88 Å². The second-order valence-electron chi connectivity index (χ2n) is 5.96. The maximum Gasteiger partial charge on any atom is 0.417 e. The standard InChI is InChI=1S/C16H17F3N4O2/c1-10-7-13(21-22(10)2)15(24)23-6-5-12(9-23)25-14-4-3-11(8-20-14)16(17,18)19/h3-4,7-8,12H,5-6,9H2,1-2H3. The molecule has 1 aliphatic rings. The zero-order valence-corrected chi connectivity index (χ0v) is 13.7. The van der Waals surface area contributed by atoms with Crippen molar-refractivity contribution in [1.29, 1.82) is 0 Å². The van der Waals surface area contributed by atoms with Crippen molar-refractivity contribution in [2.45, 2.75) is 25.6 Å². The normalized spacial score (nSPS) is 17.8. The number of carbonyl (C=O) groups is 1. The number of carbonyl (C=O) groups excluding carboxylic acids is 1. The van der Waals surface area contributed by atoms with Crippen LogP contribution in [0.15, 0.2) is 24.4 Å². The van der Waals surface area contributed by atoms with Crippen LogP contribution in [0.3, 0.4) is 0 Å². The van der Waals surface area contributed by atoms with E-state index in [9.17, 15) is 18.0 Å². The molecule has 0 saturated carbocycles. The Morgan fingerprint density at radius 2 is 2.12 bits per heavy atom. The van der Waals surface area contributed by atoms with E-state index in [-0.39, 0.29) is 17.9 Å². The van der Waals surface area contributed by atoms with E-state index in [0.717, 1.165) is 18.0 Å². The van der Waals surface area contributed by atoms with Crippen LogP contribution in [0, 0.1) is 6.92 Å². The molecule has 0 spiro atoms. The number of pyridine rings is 1. The maximum absolute atomic E-state index is 12.5. The van der Waals surface area contributed by atoms with Crippen molar-refractivity contribution in [3.63, 3.8) is 0 Å². The monoisotopic (exact) mass is 354 g/mol. The van der Waals surface area contributed by atoms with Gasteiger partial charge in [0.2, 0.25) is 5.88 Å². The summed E-state index contributed by atoms with van der Waals surface area (Å²) in [6, 6.07) is 3.83. The van der Waals surface area contributed by atoms with Crippen LogP contribution in [0.5, 0.6) is 5.88 Å². The molecule has 3 heterocycles. The fourth-order valence-electron chi connectivity index (χ4n) is 2.62. The summed E-state index contributed by atoms with van der Waals surface area (Å²) >= 11 is 0. The SMILES string of the molecule is Cc1cc(C(=O)N2CCC(Oc3ccc(C(F)(F)F)cn3)C2)nn1C. The van der Waals surface area contributed by atoms with Gasteiger partial charge in [-0.15, -0.1) is 0 Å². The lowest BCUT2D eigenvalue weighted by atomic mass is 10.3. The second-order valence-corrected chi connectivity index (χ2v) is 5.96. The number of rotatable bonds is 3. The molecule has 1 unspecified atom stereocenters. The molecule has 0 radical (unpaired) electrons. The third-order valence-corrected chi connectivity index (χ3v) is 4.12. The highest BCUT2D eigenvalue weighted by Crippen LogP contribution is 2.29. The Kier molecular flexibility index (Phi) is 4.40. The lowest BCUT2D eigenvalue weighted by Gasteiger charge is -2.16. The maximum atomic E-state index is 12.5. The molecule has 1 atom stereocenters. The predicted molar refractivity (Wildman–Crippen MR) is 82.1 cm³/mol. The third kappa shape index (κ3) is 3.75. The van der Waals surface area contributed by atoms with Gasteiger partial charge in [0.25, 0.3) is 5.91 Å². The fourth-order valence-corrected chi connectivity index (χ4v) is 2.62. The van der Waals surface area contributed by atoms with Crippen LogP contribution in [0.1, 0.15) is 28.2 Å². The molecule has 0 bridgehead atoms. The number of amides is 1. The van der Waals surface area contributed by atoms with E-state index < -0.39 is 11.7 Å². The summed E-state index contributed by atoms with van der Waals surface area (Å²) in [5.74, 6) is -0.0730. The molecule has 6 nitrogen and oxygen atoms in total. The van der Waals surface area contributed by atoms with Crippen molar-refractivity contribution >= 4 is 5.91 Å². The van der Waals surface area contributed by atoms with Gasteiger partial charge in [0.05, 0.1) is 12.1 Å². The van der Waals surface area contributed by atoms with Gasteiger partial charge in [0.1, 0.15) is 6.10 Å². The Hall–Kier alpha value is -2.58. The number of nitrogens with zero attached hydrogens (tertiary/aromatic N) is 4. The number of likely N-dealkylation sites (tertiary alicyclic amines) is 1. The van der Waals surface area contributed by atoms with E-state index in [1.807, 2.05) is 6.92 Å². The molecule has 1 amide bonds. The van der Waals surface area contributed by atoms with E-state index in [4.69, 9.17) is 4.74 Å². The van der Waals surface area contributed by atoms with E-state index in [0.29, 0.717) is 25.2 Å². The Balaban J connectivity index is 1.60. The quantitative estimate of drug-likeness (QED) is 0.849. The van der Waals surface area contributed by atoms with Crippen LogP contribution in [0.2, 0.25) is 0 Å². The molecule has 1 saturated heterocycles. The van der Waals surface area contributed by atoms with Gasteiger partial charge in [-0.2, -0.15) is 18.3 Å². The molecule has 2 aromatic heterocycles. The third-order valence-electron chi connectivity index (χ3n) is 4.12. The molecule has 3 rings (SSSR count). The molecule has 0 aromatic carbocycles. The molecule has 1 aliphatic heterocycles. The highest BCUT2D eigenvalue weighted by molar-refractivity contribution is 5.92. The lowest BCUT2D eigenvalue weighted by molar-refractivity contribution is -0.137. The first-order valence-electron chi connectivity index (χ1n) is 7.74. The van der Waals surface area contributed by atoms with Gasteiger partial charge in [-0.25, -0.2) is 4.98 Å². The van der Waals surface area contributed by atoms with Gasteiger partial charge in [-0.05, 0) is 19.1 Å². The minimum absolute atomic E-state index is 0.112. The first-order chi connectivity index (χ1) is 11.7. The lowest BCUT2D eigenvalue weighted by Crippen LogP contribution is -2.31. The molecule has 134 valence electrons. The van der Waals surface area contributed by atoms with Crippen molar-refractivity contribution in [2.24, 2.45) is 7.05 Å². The van der Waals surface area contributed by atoms with Gasteiger partial charge < -0.3 is 9.64 Å². The molecule has 2 aromatic rings. The van der Waals surface area contributed by atoms with Crippen molar-refractivity contribution in [1.82, 2.24) is 19.7 Å². The Labute approximate surface area is 142 Å². The zero-order valence-electron chi connectivity index (χ0n) is 13.7. The Morgan fingerprint density at radius 1 is 1.36 bits per heavy atom. The molecular weight excluding hydrogens is 337 g/mol. The first-order valence-corrected chi connectivity index (χ1v) is 7.74. The topological polar surface area (TPSA) is 60.3 Å². The van der Waals surface area contributed by atoms with Crippen molar-refractivity contribution in [3.05, 3.63) is 41.3 Å². The summed E-state index contributed by atoms with van der Waals surface area (Å²) in [5, 5.41) is 4.16. The summed E-state index contributed by atoms with van der Waals surface area (Å²) in [5.41, 5.74) is 0.422. The molecule has 9 heteroatoms. The van der Waals surface area contributed by atoms with Crippen molar-refractivity contribution < 1.29 is 22.7 Å². The first kappa shape index (κ1) is 17.2. The zero-order chi connectivity index (χ0) is 18.2. The van der Waals surface area contributed by atoms with Crippen LogP contribution in [-0.2, 0) is 13.2 Å². The highest BCUT2D eigenvalue weighted by Gasteiger charge is 2.32. The Bertz CT molecular complexity index is 751. The largest absolute Gasteiger partial charge is 0.472 e. The van der Waals surface area contributed by atoms with Crippen LogP contribution in [0.4, 0.5) is 13.2 Å². The second kappa shape index (κ2) is 6.38. The molecule has 25 heavy (non-hydrogen) atoms. The molecule has 0 aliphatic carbocycles. The smallest absolute Gasteiger partial charge is 0.417 e. The van der Waals surface area contributed by atoms with E-state index in [2.05, 4.69) is 10.1 Å². The van der Waals surface area contributed by atoms with Gasteiger partial charge in [-0.1, -0.05) is 0 Å². The number of hydrogen-bond acceptors (Lipinski definition) is 4. The number of hydrogen-bond donors (Lipinski definition) is 0. The summed E-state index contributed by atoms with van der Waals surface area (Å²) in [7, 11) is 1.76. The molecule has 0 N–H and O–H groups in total.